The van der Waals surface area contributed by atoms with Crippen molar-refractivity contribution in [3.8, 4) is 0 Å². The molecule has 0 saturated carbocycles. The third kappa shape index (κ3) is 3.53. The molecule has 6 heteroatoms. The number of nitrogens with zero attached hydrogens (tertiary/aromatic N) is 2. The molecular formula is C14H17FN2O2S. The number of anilines is 1. The van der Waals surface area contributed by atoms with Crippen molar-refractivity contribution in [2.45, 2.75) is 19.8 Å². The molecule has 20 heavy (non-hydrogen) atoms. The first-order valence-corrected chi connectivity index (χ1v) is 6.99. The van der Waals surface area contributed by atoms with E-state index in [1.54, 1.807) is 19.2 Å². The molecule has 0 amide bonds. The number of halogens is 1. The summed E-state index contributed by atoms with van der Waals surface area (Å²) in [5.41, 5.74) is 1.77. The summed E-state index contributed by atoms with van der Waals surface area (Å²) in [5.74, 6) is -0.240. The van der Waals surface area contributed by atoms with Gasteiger partial charge in [-0.2, -0.15) is 0 Å². The number of hydrogen-bond acceptors (Lipinski definition) is 5. The summed E-state index contributed by atoms with van der Waals surface area (Å²) < 4.78 is 17.9. The van der Waals surface area contributed by atoms with E-state index in [2.05, 4.69) is 4.98 Å². The van der Waals surface area contributed by atoms with Gasteiger partial charge in [0.25, 0.3) is 0 Å². The van der Waals surface area contributed by atoms with Crippen LogP contribution in [0.25, 0.3) is 0 Å². The molecule has 4 nitrogen and oxygen atoms in total. The van der Waals surface area contributed by atoms with Crippen LogP contribution in [0, 0.1) is 5.82 Å². The summed E-state index contributed by atoms with van der Waals surface area (Å²) in [4.78, 5) is 7.25. The fourth-order valence-electron chi connectivity index (χ4n) is 1.84. The average Bonchev–Trinajstić information content (AvgIpc) is 2.85. The molecule has 2 rings (SSSR count). The van der Waals surface area contributed by atoms with E-state index >= 15 is 0 Å². The molecule has 1 heterocycles. The van der Waals surface area contributed by atoms with Crippen molar-refractivity contribution >= 4 is 16.5 Å². The molecule has 1 aromatic heterocycles. The highest BCUT2D eigenvalue weighted by Gasteiger charge is 2.13. The van der Waals surface area contributed by atoms with Crippen LogP contribution in [0.3, 0.4) is 0 Å². The van der Waals surface area contributed by atoms with E-state index in [1.165, 1.54) is 23.5 Å². The van der Waals surface area contributed by atoms with Gasteiger partial charge in [0.2, 0.25) is 0 Å². The quantitative estimate of drug-likeness (QED) is 0.890. The Hall–Kier alpha value is -1.50. The van der Waals surface area contributed by atoms with Crippen LogP contribution < -0.4 is 4.90 Å². The minimum absolute atomic E-state index is 0.0409. The average molecular weight is 296 g/mol. The Kier molecular flexibility index (Phi) is 5.05. The monoisotopic (exact) mass is 296 g/mol. The molecule has 1 N–H and O–H groups in total. The maximum atomic E-state index is 12.9. The van der Waals surface area contributed by atoms with Crippen molar-refractivity contribution in [3.63, 3.8) is 0 Å². The Morgan fingerprint density at radius 3 is 2.65 bits per heavy atom. The van der Waals surface area contributed by atoms with Crippen molar-refractivity contribution in [3.05, 3.63) is 46.2 Å². The van der Waals surface area contributed by atoms with Crippen LogP contribution in [0.5, 0.6) is 0 Å². The smallest absolute Gasteiger partial charge is 0.185 e. The fourth-order valence-corrected chi connectivity index (χ4v) is 2.72. The Morgan fingerprint density at radius 2 is 2.05 bits per heavy atom. The maximum Gasteiger partial charge on any atom is 0.185 e. The molecule has 0 fully saturated rings. The highest BCUT2D eigenvalue weighted by atomic mass is 32.1. The number of methoxy groups -OCH3 is 1. The molecule has 0 saturated heterocycles. The minimum atomic E-state index is -0.240. The van der Waals surface area contributed by atoms with Crippen molar-refractivity contribution in [1.82, 2.24) is 4.98 Å². The lowest BCUT2D eigenvalue weighted by Crippen LogP contribution is -2.16. The molecule has 0 aliphatic rings. The zero-order valence-corrected chi connectivity index (χ0v) is 12.3. The van der Waals surface area contributed by atoms with Crippen LogP contribution in [0.15, 0.2) is 24.3 Å². The van der Waals surface area contributed by atoms with E-state index in [0.29, 0.717) is 13.2 Å². The van der Waals surface area contributed by atoms with Crippen LogP contribution >= 0.6 is 11.3 Å². The van der Waals surface area contributed by atoms with Crippen molar-refractivity contribution in [1.29, 1.82) is 0 Å². The van der Waals surface area contributed by atoms with E-state index in [-0.39, 0.29) is 12.4 Å². The van der Waals surface area contributed by atoms with Gasteiger partial charge in [-0.1, -0.05) is 23.5 Å². The van der Waals surface area contributed by atoms with Crippen LogP contribution in [-0.2, 0) is 24.5 Å². The van der Waals surface area contributed by atoms with Gasteiger partial charge in [0.05, 0.1) is 23.8 Å². The van der Waals surface area contributed by atoms with Gasteiger partial charge in [0, 0.05) is 20.7 Å². The topological polar surface area (TPSA) is 45.6 Å². The maximum absolute atomic E-state index is 12.9. The zero-order chi connectivity index (χ0) is 14.5. The van der Waals surface area contributed by atoms with Gasteiger partial charge >= 0.3 is 0 Å². The standard InChI is InChI=1S/C14H17FN2O2S/c1-17(7-10-3-5-11(15)6-4-10)14-16-12(9-19-2)13(8-18)20-14/h3-6,18H,7-9H2,1-2H3. The van der Waals surface area contributed by atoms with Crippen LogP contribution in [0.2, 0.25) is 0 Å². The largest absolute Gasteiger partial charge is 0.391 e. The van der Waals surface area contributed by atoms with E-state index in [1.807, 2.05) is 11.9 Å². The normalized spacial score (nSPS) is 10.8. The highest BCUT2D eigenvalue weighted by Crippen LogP contribution is 2.27. The number of aliphatic hydroxyl groups excluding tert-OH is 1. The first-order valence-electron chi connectivity index (χ1n) is 6.18. The first-order chi connectivity index (χ1) is 9.63. The lowest BCUT2D eigenvalue weighted by Gasteiger charge is -2.15. The number of thiazole rings is 1. The number of benzene rings is 1. The van der Waals surface area contributed by atoms with Gasteiger partial charge in [0.1, 0.15) is 5.82 Å². The third-order valence-electron chi connectivity index (χ3n) is 2.85. The number of hydrogen-bond donors (Lipinski definition) is 1. The zero-order valence-electron chi connectivity index (χ0n) is 11.5. The van der Waals surface area contributed by atoms with Crippen LogP contribution in [0.1, 0.15) is 16.1 Å². The predicted octanol–water partition coefficient (Wildman–Crippen LogP) is 2.56. The van der Waals surface area contributed by atoms with Gasteiger partial charge in [-0.15, -0.1) is 0 Å². The van der Waals surface area contributed by atoms with Crippen molar-refractivity contribution in [2.75, 3.05) is 19.1 Å². The number of aromatic nitrogens is 1. The molecule has 1 aromatic carbocycles. The molecule has 0 aliphatic heterocycles. The van der Waals surface area contributed by atoms with Crippen LogP contribution in [0.4, 0.5) is 9.52 Å². The van der Waals surface area contributed by atoms with E-state index in [9.17, 15) is 9.50 Å². The van der Waals surface area contributed by atoms with Gasteiger partial charge in [0.15, 0.2) is 5.13 Å². The minimum Gasteiger partial charge on any atom is -0.391 e. The second-order valence-corrected chi connectivity index (χ2v) is 5.50. The van der Waals surface area contributed by atoms with Gasteiger partial charge < -0.3 is 14.7 Å². The van der Waals surface area contributed by atoms with E-state index < -0.39 is 0 Å². The summed E-state index contributed by atoms with van der Waals surface area (Å²) in [6.45, 7) is 0.975. The summed E-state index contributed by atoms with van der Waals surface area (Å²) in [6.07, 6.45) is 0. The Morgan fingerprint density at radius 1 is 1.35 bits per heavy atom. The van der Waals surface area contributed by atoms with E-state index in [4.69, 9.17) is 4.74 Å². The SMILES string of the molecule is COCc1nc(N(C)Cc2ccc(F)cc2)sc1CO. The lowest BCUT2D eigenvalue weighted by atomic mass is 10.2. The summed E-state index contributed by atoms with van der Waals surface area (Å²) >= 11 is 1.44. The van der Waals surface area contributed by atoms with E-state index in [0.717, 1.165) is 21.3 Å². The first kappa shape index (κ1) is 14.9. The summed E-state index contributed by atoms with van der Waals surface area (Å²) in [5, 5.41) is 10.1. The molecule has 2 aromatic rings. The molecule has 0 radical (unpaired) electrons. The molecule has 108 valence electrons. The number of rotatable bonds is 6. The lowest BCUT2D eigenvalue weighted by molar-refractivity contribution is 0.179. The Bertz CT molecular complexity index is 557. The summed E-state index contributed by atoms with van der Waals surface area (Å²) in [6, 6.07) is 6.39. The van der Waals surface area contributed by atoms with Crippen LogP contribution in [-0.4, -0.2) is 24.2 Å². The Balaban J connectivity index is 2.12. The molecule has 0 spiro atoms. The van der Waals surface area contributed by atoms with Crippen molar-refractivity contribution in [2.24, 2.45) is 0 Å². The Labute approximate surface area is 121 Å². The fraction of sp³-hybridized carbons (Fsp3) is 0.357. The van der Waals surface area contributed by atoms with Gasteiger partial charge in [-0.25, -0.2) is 9.37 Å². The van der Waals surface area contributed by atoms with Crippen molar-refractivity contribution < 1.29 is 14.2 Å². The summed E-state index contributed by atoms with van der Waals surface area (Å²) in [7, 11) is 3.52. The number of ether oxygens (including phenoxy) is 1. The van der Waals surface area contributed by atoms with Gasteiger partial charge in [-0.05, 0) is 17.7 Å². The predicted molar refractivity (Wildman–Crippen MR) is 77.3 cm³/mol. The molecule has 0 unspecified atom stereocenters. The molecular weight excluding hydrogens is 279 g/mol. The second-order valence-electron chi connectivity index (χ2n) is 4.44. The van der Waals surface area contributed by atoms with Gasteiger partial charge in [-0.3, -0.25) is 0 Å². The molecule has 0 aliphatic carbocycles. The molecule has 0 bridgehead atoms. The number of aliphatic hydroxyl groups is 1. The highest BCUT2D eigenvalue weighted by molar-refractivity contribution is 7.15. The molecule has 0 atom stereocenters. The third-order valence-corrected chi connectivity index (χ3v) is 4.05. The second kappa shape index (κ2) is 6.78.